The third kappa shape index (κ3) is 1.32. The average molecular weight is 329 g/mol. The monoisotopic (exact) mass is 329 g/mol. The maximum Gasteiger partial charge on any atom is 0.174 e. The largest absolute Gasteiger partial charge is 0.493 e. The number of hydrogen-bond donors (Lipinski definition) is 1. The quantitative estimate of drug-likeness (QED) is 0.841. The Morgan fingerprint density at radius 2 is 2.17 bits per heavy atom. The van der Waals surface area contributed by atoms with Crippen LogP contribution in [0.3, 0.4) is 0 Å². The molecule has 5 atom stereocenters. The molecule has 2 heterocycles. The molecule has 2 aliphatic carbocycles. The zero-order valence-electron chi connectivity index (χ0n) is 14.3. The van der Waals surface area contributed by atoms with Crippen molar-refractivity contribution in [3.05, 3.63) is 23.3 Å². The summed E-state index contributed by atoms with van der Waals surface area (Å²) in [6.45, 7) is 2.88. The molecule has 2 aliphatic heterocycles. The summed E-state index contributed by atoms with van der Waals surface area (Å²) in [5.74, 6) is 1.38. The highest BCUT2D eigenvalue weighted by atomic mass is 16.5. The lowest BCUT2D eigenvalue weighted by atomic mass is 9.46. The molecule has 1 spiro atoms. The Kier molecular flexibility index (Phi) is 2.65. The van der Waals surface area contributed by atoms with E-state index < -0.39 is 17.1 Å². The third-order valence-corrected chi connectivity index (χ3v) is 7.14. The number of rotatable bonds is 1. The molecule has 3 unspecified atom stereocenters. The molecule has 0 aromatic heterocycles. The number of likely N-dealkylation sites (N-methyl/N-ethyl adjacent to an activating group) is 1. The predicted molar refractivity (Wildman–Crippen MR) is 87.6 cm³/mol. The lowest BCUT2D eigenvalue weighted by Gasteiger charge is -2.64. The normalized spacial score (nSPS) is 42.5. The van der Waals surface area contributed by atoms with Gasteiger partial charge in [0.15, 0.2) is 23.4 Å². The minimum absolute atomic E-state index is 0.0206. The molecule has 5 nitrogen and oxygen atoms in total. The highest BCUT2D eigenvalue weighted by Gasteiger charge is 2.74. The minimum Gasteiger partial charge on any atom is -0.493 e. The number of methoxy groups -OCH3 is 1. The van der Waals surface area contributed by atoms with E-state index in [1.807, 2.05) is 13.0 Å². The molecule has 1 aromatic rings. The van der Waals surface area contributed by atoms with E-state index in [1.165, 1.54) is 5.56 Å². The van der Waals surface area contributed by atoms with Crippen LogP contribution in [0, 0.1) is 5.92 Å². The summed E-state index contributed by atoms with van der Waals surface area (Å²) >= 11 is 0. The van der Waals surface area contributed by atoms with Crippen molar-refractivity contribution in [2.45, 2.75) is 49.3 Å². The summed E-state index contributed by atoms with van der Waals surface area (Å²) in [6, 6.07) is 4.03. The lowest BCUT2D eigenvalue weighted by Crippen LogP contribution is -2.78. The minimum atomic E-state index is -0.941. The number of ether oxygens (including phenoxy) is 2. The summed E-state index contributed by atoms with van der Waals surface area (Å²) in [4.78, 5) is 15.1. The van der Waals surface area contributed by atoms with Crippen molar-refractivity contribution in [1.82, 2.24) is 4.90 Å². The number of benzene rings is 1. The maximum absolute atomic E-state index is 12.9. The van der Waals surface area contributed by atoms with Crippen molar-refractivity contribution in [2.75, 3.05) is 20.7 Å². The Hall–Kier alpha value is -1.59. The van der Waals surface area contributed by atoms with E-state index in [4.69, 9.17) is 9.47 Å². The molecular weight excluding hydrogens is 306 g/mol. The summed E-state index contributed by atoms with van der Waals surface area (Å²) in [5.41, 5.74) is 0.662. The zero-order chi connectivity index (χ0) is 16.9. The third-order valence-electron chi connectivity index (χ3n) is 7.14. The molecule has 4 aliphatic rings. The molecule has 5 heteroatoms. The fourth-order valence-electron chi connectivity index (χ4n) is 6.09. The van der Waals surface area contributed by atoms with E-state index in [1.54, 1.807) is 7.11 Å². The number of carbonyl (C=O) groups excluding carboxylic acids is 1. The van der Waals surface area contributed by atoms with Crippen LogP contribution in [-0.4, -0.2) is 54.2 Å². The molecule has 1 saturated heterocycles. The van der Waals surface area contributed by atoms with Gasteiger partial charge in [0.25, 0.3) is 0 Å². The van der Waals surface area contributed by atoms with Crippen LogP contribution in [0.25, 0.3) is 0 Å². The summed E-state index contributed by atoms with van der Waals surface area (Å²) in [5, 5.41) is 12.0. The molecule has 2 bridgehead atoms. The number of aliphatic hydroxyl groups is 1. The first-order valence-electron chi connectivity index (χ1n) is 8.77. The van der Waals surface area contributed by atoms with Gasteiger partial charge in [0, 0.05) is 18.0 Å². The van der Waals surface area contributed by atoms with E-state index in [0.29, 0.717) is 17.9 Å². The molecule has 24 heavy (non-hydrogen) atoms. The molecule has 1 aromatic carbocycles. The van der Waals surface area contributed by atoms with Crippen LogP contribution in [0.15, 0.2) is 12.1 Å². The Morgan fingerprint density at radius 3 is 2.92 bits per heavy atom. The van der Waals surface area contributed by atoms with Gasteiger partial charge in [-0.2, -0.15) is 0 Å². The van der Waals surface area contributed by atoms with E-state index in [2.05, 4.69) is 18.0 Å². The zero-order valence-corrected chi connectivity index (χ0v) is 14.3. The van der Waals surface area contributed by atoms with Gasteiger partial charge >= 0.3 is 0 Å². The predicted octanol–water partition coefficient (Wildman–Crippen LogP) is 1.29. The fourth-order valence-corrected chi connectivity index (χ4v) is 6.09. The Morgan fingerprint density at radius 1 is 1.38 bits per heavy atom. The number of likely N-dealkylation sites (tertiary alicyclic amines) is 1. The van der Waals surface area contributed by atoms with E-state index >= 15 is 0 Å². The van der Waals surface area contributed by atoms with Gasteiger partial charge in [-0.25, -0.2) is 0 Å². The van der Waals surface area contributed by atoms with Crippen LogP contribution in [0.2, 0.25) is 0 Å². The highest BCUT2D eigenvalue weighted by molar-refractivity contribution is 5.90. The van der Waals surface area contributed by atoms with Crippen molar-refractivity contribution in [1.29, 1.82) is 0 Å². The number of ketones is 1. The second-order valence-electron chi connectivity index (χ2n) is 7.95. The van der Waals surface area contributed by atoms with Crippen LogP contribution < -0.4 is 9.47 Å². The Bertz CT molecular complexity index is 762. The smallest absolute Gasteiger partial charge is 0.174 e. The van der Waals surface area contributed by atoms with Crippen LogP contribution in [0.1, 0.15) is 30.9 Å². The van der Waals surface area contributed by atoms with Crippen molar-refractivity contribution >= 4 is 5.78 Å². The topological polar surface area (TPSA) is 59.0 Å². The van der Waals surface area contributed by atoms with E-state index in [-0.39, 0.29) is 17.7 Å². The Balaban J connectivity index is 1.87. The number of hydrogen-bond acceptors (Lipinski definition) is 5. The van der Waals surface area contributed by atoms with Crippen molar-refractivity contribution in [2.24, 2.45) is 5.92 Å². The van der Waals surface area contributed by atoms with Crippen LogP contribution >= 0.6 is 0 Å². The molecule has 128 valence electrons. The molecule has 0 radical (unpaired) electrons. The Labute approximate surface area is 141 Å². The first-order chi connectivity index (χ1) is 11.4. The number of nitrogens with zero attached hydrogens (tertiary/aromatic N) is 1. The lowest BCUT2D eigenvalue weighted by molar-refractivity contribution is -0.205. The van der Waals surface area contributed by atoms with Crippen LogP contribution in [0.5, 0.6) is 11.5 Å². The maximum atomic E-state index is 12.9. The molecule has 0 amide bonds. The van der Waals surface area contributed by atoms with Gasteiger partial charge in [-0.05, 0) is 44.0 Å². The number of carbonyl (C=O) groups is 1. The molecule has 5 rings (SSSR count). The second kappa shape index (κ2) is 4.33. The van der Waals surface area contributed by atoms with Crippen molar-refractivity contribution in [3.63, 3.8) is 0 Å². The van der Waals surface area contributed by atoms with Crippen molar-refractivity contribution < 1.29 is 19.4 Å². The van der Waals surface area contributed by atoms with Gasteiger partial charge in [-0.1, -0.05) is 13.0 Å². The molecule has 1 N–H and O–H groups in total. The van der Waals surface area contributed by atoms with Crippen LogP contribution in [-0.2, 0) is 16.6 Å². The van der Waals surface area contributed by atoms with Crippen LogP contribution in [0.4, 0.5) is 0 Å². The van der Waals surface area contributed by atoms with E-state index in [9.17, 15) is 9.90 Å². The standard InChI is InChI=1S/C19H23NO4/c1-10-8-12(21)17-18-6-7-20(2)14(19(10,18)22)9-11-4-5-13(23-3)16(24-17)15(11)18/h4-5,10,14,17,22H,6-9H2,1-3H3/t10?,14?,17-,18?,19+/m0/s1. The average Bonchev–Trinajstić information content (AvgIpc) is 2.91. The SMILES string of the molecule is COc1ccc2c3c1O[C@H]1C(=O)CC(C)[C@@]4(O)C(C2)N(C)CCC314. The fraction of sp³-hybridized carbons (Fsp3) is 0.632. The van der Waals surface area contributed by atoms with Gasteiger partial charge in [-0.15, -0.1) is 0 Å². The summed E-state index contributed by atoms with van der Waals surface area (Å²) in [7, 11) is 3.71. The molecule has 1 saturated carbocycles. The molecule has 2 fully saturated rings. The van der Waals surface area contributed by atoms with Gasteiger partial charge in [-0.3, -0.25) is 4.79 Å². The second-order valence-corrected chi connectivity index (χ2v) is 7.95. The highest BCUT2D eigenvalue weighted by Crippen LogP contribution is 2.65. The first kappa shape index (κ1) is 14.7. The van der Waals surface area contributed by atoms with Gasteiger partial charge < -0.3 is 19.5 Å². The summed E-state index contributed by atoms with van der Waals surface area (Å²) < 4.78 is 11.7. The van der Waals surface area contributed by atoms with Gasteiger partial charge in [0.1, 0.15) is 0 Å². The van der Waals surface area contributed by atoms with Crippen molar-refractivity contribution in [3.8, 4) is 11.5 Å². The first-order valence-corrected chi connectivity index (χ1v) is 8.77. The molecular formula is C19H23NO4. The number of piperidine rings is 1. The van der Waals surface area contributed by atoms with Gasteiger partial charge in [0.05, 0.1) is 18.1 Å². The van der Waals surface area contributed by atoms with E-state index in [0.717, 1.165) is 24.9 Å². The summed E-state index contributed by atoms with van der Waals surface area (Å²) in [6.07, 6.45) is 1.32. The number of Topliss-reactive ketones (excluding diaryl/α,β-unsaturated/α-hetero) is 1. The van der Waals surface area contributed by atoms with Gasteiger partial charge in [0.2, 0.25) is 0 Å².